The van der Waals surface area contributed by atoms with Gasteiger partial charge in [0.2, 0.25) is 0 Å². The average Bonchev–Trinajstić information content (AvgIpc) is 1.56. The highest BCUT2D eigenvalue weighted by atomic mass is 35.5. The number of carboxylic acids is 1. The number of aromatic nitrogens is 9. The number of carbonyl (C=O) groups excluding carboxylic acids is 2. The molecule has 15 aromatic rings. The van der Waals surface area contributed by atoms with Crippen LogP contribution in [0.2, 0.25) is 15.1 Å². The first-order valence-corrected chi connectivity index (χ1v) is 33.8. The first kappa shape index (κ1) is 72.9. The number of pyridine rings is 6. The maximum Gasteiger partial charge on any atom is 0.335 e. The molecule has 106 heavy (non-hydrogen) atoms. The monoisotopic (exact) mass is 1470 g/mol. The largest absolute Gasteiger partial charge is 0.478 e. The maximum atomic E-state index is 14.8. The number of nitrogens with two attached hydrogens (primary N) is 1. The number of nitrogens with one attached hydrogen (secondary N) is 5. The van der Waals surface area contributed by atoms with E-state index in [1.165, 1.54) is 24.7 Å². The van der Waals surface area contributed by atoms with Gasteiger partial charge in [-0.05, 0) is 163 Å². The molecular formula is C81H59Cl3F3N15O4. The molecule has 524 valence electrons. The van der Waals surface area contributed by atoms with E-state index in [9.17, 15) is 43.3 Å². The number of amides is 2. The van der Waals surface area contributed by atoms with Gasteiger partial charge in [0.05, 0.1) is 70.0 Å². The molecule has 0 aliphatic carbocycles. The number of carbonyl (C=O) groups is 3. The third-order valence-corrected chi connectivity index (χ3v) is 18.1. The van der Waals surface area contributed by atoms with Gasteiger partial charge >= 0.3 is 5.97 Å². The highest BCUT2D eigenvalue weighted by Crippen LogP contribution is 2.32. The number of nitriles is 3. The van der Waals surface area contributed by atoms with E-state index in [0.717, 1.165) is 49.5 Å². The number of nitrogens with zero attached hydrogens (tertiary/aromatic N) is 9. The molecule has 15 rings (SSSR count). The van der Waals surface area contributed by atoms with E-state index < -0.39 is 17.6 Å². The highest BCUT2D eigenvalue weighted by Gasteiger charge is 2.19. The number of hydrogen-bond donors (Lipinski definition) is 7. The van der Waals surface area contributed by atoms with E-state index in [1.54, 1.807) is 122 Å². The van der Waals surface area contributed by atoms with Gasteiger partial charge in [-0.2, -0.15) is 15.8 Å². The zero-order chi connectivity index (χ0) is 74.9. The molecule has 0 bridgehead atoms. The summed E-state index contributed by atoms with van der Waals surface area (Å²) >= 11 is 17.9. The molecule has 0 fully saturated rings. The molecule has 0 unspecified atom stereocenters. The number of aromatic amines is 3. The minimum absolute atomic E-state index is 0.0162. The van der Waals surface area contributed by atoms with Gasteiger partial charge in [-0.15, -0.1) is 0 Å². The van der Waals surface area contributed by atoms with E-state index in [1.807, 2.05) is 57.2 Å². The second-order valence-corrected chi connectivity index (χ2v) is 26.0. The number of aryl methyl sites for hydroxylation is 3. The number of halogens is 6. The number of hydrogen-bond acceptors (Lipinski definition) is 13. The van der Waals surface area contributed by atoms with Crippen molar-refractivity contribution in [2.45, 2.75) is 59.7 Å². The topological polar surface area (TPSA) is 318 Å². The predicted molar refractivity (Wildman–Crippen MR) is 402 cm³/mol. The van der Waals surface area contributed by atoms with Gasteiger partial charge in [-0.3, -0.25) is 39.5 Å². The molecule has 0 atom stereocenters. The summed E-state index contributed by atoms with van der Waals surface area (Å²) in [5.74, 6) is -2.91. The molecule has 0 spiro atoms. The standard InChI is InChI=1S/2C27H19ClFN5O.C18H13N3O2.C9H8ClFN2/c2*1-15-6-19-7-16(8-20(11-30)26(19)33-12-15)9-21-10-17(4-5-31-21)27(35)34-13-18-2-3-23-24(25(18)29)22(28)14-32-23;1-11-4-14-5-12(6-15(9-19)17(14)21-10-11)7-16-8-13(18(22)23)2-3-20-16;10-6-4-13-7-2-1-5(3-12)9(11)8(6)7/h2*2-8,10,12,14,32H,9,13H2,1H3,(H,34,35);2-6,8,10H,7H2,1H3,(H,22,23);1-2,4,13H,3,12H2. The van der Waals surface area contributed by atoms with E-state index in [0.29, 0.717) is 145 Å². The number of aromatic carboxylic acids is 1. The molecular weight excluding hydrogens is 1410 g/mol. The number of benzene rings is 6. The van der Waals surface area contributed by atoms with Crippen LogP contribution in [0.25, 0.3) is 65.4 Å². The Morgan fingerprint density at radius 1 is 0.453 bits per heavy atom. The lowest BCUT2D eigenvalue weighted by Gasteiger charge is -2.09. The van der Waals surface area contributed by atoms with Crippen LogP contribution in [0.5, 0.6) is 0 Å². The minimum atomic E-state index is -0.982. The Labute approximate surface area is 618 Å². The molecule has 8 N–H and O–H groups in total. The highest BCUT2D eigenvalue weighted by molar-refractivity contribution is 6.36. The Morgan fingerprint density at radius 3 is 1.10 bits per heavy atom. The van der Waals surface area contributed by atoms with Crippen LogP contribution in [-0.4, -0.2) is 67.7 Å². The van der Waals surface area contributed by atoms with Crippen LogP contribution in [0.4, 0.5) is 13.2 Å². The zero-order valence-corrected chi connectivity index (χ0v) is 58.9. The Morgan fingerprint density at radius 2 is 0.774 bits per heavy atom. The molecule has 9 heterocycles. The van der Waals surface area contributed by atoms with E-state index >= 15 is 0 Å². The Bertz CT molecular complexity index is 5870. The molecule has 0 saturated carbocycles. The second kappa shape index (κ2) is 32.2. The molecule has 0 aliphatic rings. The van der Waals surface area contributed by atoms with Crippen LogP contribution in [0.3, 0.4) is 0 Å². The first-order chi connectivity index (χ1) is 51.1. The summed E-state index contributed by atoms with van der Waals surface area (Å²) in [6.07, 6.45) is 15.8. The minimum Gasteiger partial charge on any atom is -0.478 e. The number of fused-ring (bicyclic) bond motifs is 6. The van der Waals surface area contributed by atoms with Crippen molar-refractivity contribution in [1.29, 1.82) is 15.8 Å². The van der Waals surface area contributed by atoms with E-state index in [4.69, 9.17) is 45.6 Å². The van der Waals surface area contributed by atoms with Gasteiger partial charge in [0.15, 0.2) is 0 Å². The first-order valence-electron chi connectivity index (χ1n) is 32.7. The average molecular weight is 1470 g/mol. The van der Waals surface area contributed by atoms with Crippen LogP contribution in [0, 0.1) is 72.2 Å². The fraction of sp³-hybridized carbons (Fsp3) is 0.111. The molecule has 19 nitrogen and oxygen atoms in total. The summed E-state index contributed by atoms with van der Waals surface area (Å²) in [6, 6.07) is 43.6. The van der Waals surface area contributed by atoms with Crippen LogP contribution in [0.15, 0.2) is 183 Å². The molecule has 6 aromatic carbocycles. The summed E-state index contributed by atoms with van der Waals surface area (Å²) in [5, 5.41) is 47.7. The Balaban J connectivity index is 0.000000140. The number of rotatable bonds is 14. The lowest BCUT2D eigenvalue weighted by atomic mass is 10.0. The maximum absolute atomic E-state index is 14.8. The van der Waals surface area contributed by atoms with Crippen molar-refractivity contribution in [1.82, 2.24) is 55.5 Å². The van der Waals surface area contributed by atoms with Crippen LogP contribution in [0.1, 0.15) is 115 Å². The van der Waals surface area contributed by atoms with E-state index in [2.05, 4.69) is 73.7 Å². The summed E-state index contributed by atoms with van der Waals surface area (Å²) in [5.41, 5.74) is 20.6. The molecule has 9 aromatic heterocycles. The lowest BCUT2D eigenvalue weighted by molar-refractivity contribution is 0.0695. The lowest BCUT2D eigenvalue weighted by Crippen LogP contribution is -2.23. The molecule has 0 radical (unpaired) electrons. The zero-order valence-electron chi connectivity index (χ0n) is 56.6. The van der Waals surface area contributed by atoms with E-state index in [-0.39, 0.29) is 42.8 Å². The van der Waals surface area contributed by atoms with Crippen LogP contribution < -0.4 is 16.4 Å². The third kappa shape index (κ3) is 16.4. The normalized spacial score (nSPS) is 10.9. The quantitative estimate of drug-likeness (QED) is 0.0532. The summed E-state index contributed by atoms with van der Waals surface area (Å²) in [6.45, 7) is 6.06. The van der Waals surface area contributed by atoms with Crippen molar-refractivity contribution in [3.05, 3.63) is 316 Å². The SMILES string of the molecule is Cc1cnc2c(C#N)cc(Cc3cc(C(=O)NCc4ccc5[nH]cc(Cl)c5c4F)ccn3)cc2c1.Cc1cnc2c(C#N)cc(Cc3cc(C(=O)NCc4ccc5[nH]cc(Cl)c5c4F)ccn3)cc2c1.Cc1cnc2c(C#N)cc(Cc3cc(C(=O)O)ccn3)cc2c1.NCc1ccc2[nH]cc(Cl)c2c1F. The molecule has 0 saturated heterocycles. The van der Waals surface area contributed by atoms with Crippen molar-refractivity contribution in [2.75, 3.05) is 0 Å². The second-order valence-electron chi connectivity index (χ2n) is 24.8. The van der Waals surface area contributed by atoms with Crippen LogP contribution in [-0.2, 0) is 38.9 Å². The van der Waals surface area contributed by atoms with Crippen molar-refractivity contribution in [2.24, 2.45) is 5.73 Å². The van der Waals surface area contributed by atoms with Gasteiger partial charge in [0.1, 0.15) is 35.7 Å². The molecule has 0 aliphatic heterocycles. The summed E-state index contributed by atoms with van der Waals surface area (Å²) < 4.78 is 43.2. The van der Waals surface area contributed by atoms with Crippen molar-refractivity contribution >= 4 is 118 Å². The predicted octanol–water partition coefficient (Wildman–Crippen LogP) is 16.7. The van der Waals surface area contributed by atoms with Gasteiger partial charge in [-0.1, -0.05) is 53.0 Å². The van der Waals surface area contributed by atoms with Gasteiger partial charge in [0.25, 0.3) is 11.8 Å². The van der Waals surface area contributed by atoms with Crippen molar-refractivity contribution in [3.8, 4) is 18.2 Å². The molecule has 2 amide bonds. The summed E-state index contributed by atoms with van der Waals surface area (Å²) in [7, 11) is 0. The molecule has 25 heteroatoms. The van der Waals surface area contributed by atoms with Gasteiger partial charge in [0, 0.05) is 172 Å². The van der Waals surface area contributed by atoms with Gasteiger partial charge < -0.3 is 36.4 Å². The fourth-order valence-electron chi connectivity index (χ4n) is 12.1. The smallest absolute Gasteiger partial charge is 0.335 e. The number of H-pyrrole nitrogens is 3. The Hall–Kier alpha value is -12.9. The van der Waals surface area contributed by atoms with Crippen LogP contribution >= 0.6 is 34.8 Å². The summed E-state index contributed by atoms with van der Waals surface area (Å²) in [4.78, 5) is 71.3. The number of carboxylic acid groups (broad SMARTS) is 1. The van der Waals surface area contributed by atoms with Crippen molar-refractivity contribution in [3.63, 3.8) is 0 Å². The van der Waals surface area contributed by atoms with Crippen molar-refractivity contribution < 1.29 is 32.7 Å². The van der Waals surface area contributed by atoms with Gasteiger partial charge in [-0.25, -0.2) is 18.0 Å². The fourth-order valence-corrected chi connectivity index (χ4v) is 12.9. The third-order valence-electron chi connectivity index (χ3n) is 17.2. The Kier molecular flexibility index (Phi) is 22.1.